The molecule has 2 amide bonds. The molecular weight excluding hydrogens is 248 g/mol. The van der Waals surface area contributed by atoms with E-state index in [0.717, 1.165) is 13.0 Å². The summed E-state index contributed by atoms with van der Waals surface area (Å²) in [6.45, 7) is 5.52. The van der Waals surface area contributed by atoms with Crippen LogP contribution in [0.2, 0.25) is 0 Å². The second-order valence-electron chi connectivity index (χ2n) is 4.51. The van der Waals surface area contributed by atoms with E-state index in [-0.39, 0.29) is 18.4 Å². The molecule has 0 aliphatic carbocycles. The molecule has 0 N–H and O–H groups in total. The smallest absolute Gasteiger partial charge is 0.248 e. The van der Waals surface area contributed by atoms with E-state index in [1.165, 1.54) is 0 Å². The van der Waals surface area contributed by atoms with Gasteiger partial charge in [0.15, 0.2) is 0 Å². The molecule has 0 bridgehead atoms. The Kier molecular flexibility index (Phi) is 7.43. The molecule has 6 heteroatoms. The van der Waals surface area contributed by atoms with Crippen LogP contribution in [0.1, 0.15) is 19.8 Å². The summed E-state index contributed by atoms with van der Waals surface area (Å²) in [5.74, 6) is 0.146. The maximum Gasteiger partial charge on any atom is 0.248 e. The lowest BCUT2D eigenvalue weighted by Gasteiger charge is -2.21. The first-order valence-electron chi connectivity index (χ1n) is 6.81. The van der Waals surface area contributed by atoms with Crippen molar-refractivity contribution in [2.45, 2.75) is 19.8 Å². The summed E-state index contributed by atoms with van der Waals surface area (Å²) in [5, 5.41) is 0. The standard InChI is InChI=1S/C13H24N2O4/c1-3-12(16)14-5-4-6-15(8-7-14)13(17)11-19-10-9-18-2/h3-11H2,1-2H3. The van der Waals surface area contributed by atoms with Crippen molar-refractivity contribution in [1.29, 1.82) is 0 Å². The number of carbonyl (C=O) groups excluding carboxylic acids is 2. The van der Waals surface area contributed by atoms with Gasteiger partial charge in [0.25, 0.3) is 0 Å². The topological polar surface area (TPSA) is 59.1 Å². The first kappa shape index (κ1) is 15.9. The highest BCUT2D eigenvalue weighted by Gasteiger charge is 2.20. The monoisotopic (exact) mass is 272 g/mol. The number of hydrogen-bond acceptors (Lipinski definition) is 4. The number of carbonyl (C=O) groups is 2. The molecule has 0 aromatic carbocycles. The Balaban J connectivity index is 2.31. The number of rotatable bonds is 6. The predicted octanol–water partition coefficient (Wildman–Crippen LogP) is 0.120. The van der Waals surface area contributed by atoms with Crippen molar-refractivity contribution >= 4 is 11.8 Å². The van der Waals surface area contributed by atoms with E-state index in [9.17, 15) is 9.59 Å². The summed E-state index contributed by atoms with van der Waals surface area (Å²) in [5.41, 5.74) is 0. The van der Waals surface area contributed by atoms with Crippen LogP contribution in [0.5, 0.6) is 0 Å². The van der Waals surface area contributed by atoms with Crippen molar-refractivity contribution < 1.29 is 19.1 Å². The average molecular weight is 272 g/mol. The number of hydrogen-bond donors (Lipinski definition) is 0. The third-order valence-corrected chi connectivity index (χ3v) is 3.16. The van der Waals surface area contributed by atoms with Gasteiger partial charge < -0.3 is 19.3 Å². The molecule has 1 aliphatic rings. The van der Waals surface area contributed by atoms with Crippen LogP contribution in [0, 0.1) is 0 Å². The number of methoxy groups -OCH3 is 1. The zero-order chi connectivity index (χ0) is 14.1. The lowest BCUT2D eigenvalue weighted by molar-refractivity contribution is -0.137. The summed E-state index contributed by atoms with van der Waals surface area (Å²) in [6, 6.07) is 0. The fraction of sp³-hybridized carbons (Fsp3) is 0.846. The fourth-order valence-electron chi connectivity index (χ4n) is 2.03. The van der Waals surface area contributed by atoms with Gasteiger partial charge in [0.05, 0.1) is 13.2 Å². The van der Waals surface area contributed by atoms with Crippen LogP contribution in [-0.4, -0.2) is 74.7 Å². The molecule has 1 saturated heterocycles. The number of nitrogens with zero attached hydrogens (tertiary/aromatic N) is 2. The van der Waals surface area contributed by atoms with Gasteiger partial charge >= 0.3 is 0 Å². The summed E-state index contributed by atoms with van der Waals surface area (Å²) in [6.07, 6.45) is 1.35. The van der Waals surface area contributed by atoms with E-state index in [2.05, 4.69) is 0 Å². The molecule has 0 radical (unpaired) electrons. The maximum atomic E-state index is 11.9. The average Bonchev–Trinajstić information content (AvgIpc) is 2.68. The third kappa shape index (κ3) is 5.57. The Morgan fingerprint density at radius 3 is 2.21 bits per heavy atom. The van der Waals surface area contributed by atoms with Crippen molar-refractivity contribution in [1.82, 2.24) is 9.80 Å². The maximum absolute atomic E-state index is 11.9. The van der Waals surface area contributed by atoms with Crippen LogP contribution < -0.4 is 0 Å². The van der Waals surface area contributed by atoms with Crippen LogP contribution in [0.15, 0.2) is 0 Å². The van der Waals surface area contributed by atoms with E-state index < -0.39 is 0 Å². The summed E-state index contributed by atoms with van der Waals surface area (Å²) in [7, 11) is 1.60. The molecular formula is C13H24N2O4. The van der Waals surface area contributed by atoms with E-state index in [1.807, 2.05) is 11.8 Å². The zero-order valence-electron chi connectivity index (χ0n) is 11.9. The highest BCUT2D eigenvalue weighted by atomic mass is 16.5. The van der Waals surface area contributed by atoms with Gasteiger partial charge in [-0.25, -0.2) is 0 Å². The van der Waals surface area contributed by atoms with Gasteiger partial charge in [-0.05, 0) is 6.42 Å². The minimum absolute atomic E-state index is 0.0121. The van der Waals surface area contributed by atoms with Gasteiger partial charge in [0.1, 0.15) is 6.61 Å². The van der Waals surface area contributed by atoms with E-state index in [0.29, 0.717) is 39.3 Å². The van der Waals surface area contributed by atoms with Gasteiger partial charge in [-0.3, -0.25) is 9.59 Å². The molecule has 0 spiro atoms. The molecule has 1 fully saturated rings. The molecule has 110 valence electrons. The summed E-state index contributed by atoms with van der Waals surface area (Å²) >= 11 is 0. The largest absolute Gasteiger partial charge is 0.382 e. The van der Waals surface area contributed by atoms with Gasteiger partial charge in [0, 0.05) is 39.7 Å². The van der Waals surface area contributed by atoms with Crippen LogP contribution >= 0.6 is 0 Å². The van der Waals surface area contributed by atoms with Crippen LogP contribution in [-0.2, 0) is 19.1 Å². The van der Waals surface area contributed by atoms with Gasteiger partial charge in [-0.15, -0.1) is 0 Å². The van der Waals surface area contributed by atoms with E-state index >= 15 is 0 Å². The third-order valence-electron chi connectivity index (χ3n) is 3.16. The molecule has 0 atom stereocenters. The van der Waals surface area contributed by atoms with Crippen molar-refractivity contribution in [2.24, 2.45) is 0 Å². The Morgan fingerprint density at radius 1 is 1.00 bits per heavy atom. The van der Waals surface area contributed by atoms with Crippen molar-refractivity contribution in [3.8, 4) is 0 Å². The highest BCUT2D eigenvalue weighted by molar-refractivity contribution is 5.78. The number of amides is 2. The minimum Gasteiger partial charge on any atom is -0.382 e. The molecule has 0 aromatic rings. The quantitative estimate of drug-likeness (QED) is 0.644. The van der Waals surface area contributed by atoms with Crippen LogP contribution in [0.3, 0.4) is 0 Å². The van der Waals surface area contributed by atoms with Gasteiger partial charge in [-0.2, -0.15) is 0 Å². The lowest BCUT2D eigenvalue weighted by Crippen LogP contribution is -2.38. The second-order valence-corrected chi connectivity index (χ2v) is 4.51. The molecule has 19 heavy (non-hydrogen) atoms. The molecule has 0 saturated carbocycles. The van der Waals surface area contributed by atoms with Crippen LogP contribution in [0.25, 0.3) is 0 Å². The Labute approximate surface area is 114 Å². The summed E-state index contributed by atoms with van der Waals surface area (Å²) in [4.78, 5) is 27.1. The Bertz CT molecular complexity index is 296. The molecule has 6 nitrogen and oxygen atoms in total. The summed E-state index contributed by atoms with van der Waals surface area (Å²) < 4.78 is 10.1. The first-order valence-corrected chi connectivity index (χ1v) is 6.81. The molecule has 0 aromatic heterocycles. The van der Waals surface area contributed by atoms with Gasteiger partial charge in [0.2, 0.25) is 11.8 Å². The molecule has 1 rings (SSSR count). The van der Waals surface area contributed by atoms with Gasteiger partial charge in [-0.1, -0.05) is 6.92 Å². The minimum atomic E-state index is -0.0121. The lowest BCUT2D eigenvalue weighted by atomic mass is 10.3. The SMILES string of the molecule is CCC(=O)N1CCCN(C(=O)COCCOC)CC1. The normalized spacial score (nSPS) is 16.3. The fourth-order valence-corrected chi connectivity index (χ4v) is 2.03. The van der Waals surface area contributed by atoms with Crippen molar-refractivity contribution in [2.75, 3.05) is 53.1 Å². The first-order chi connectivity index (χ1) is 9.19. The molecule has 0 unspecified atom stereocenters. The Morgan fingerprint density at radius 2 is 1.63 bits per heavy atom. The predicted molar refractivity (Wildman–Crippen MR) is 70.8 cm³/mol. The highest BCUT2D eigenvalue weighted by Crippen LogP contribution is 2.05. The van der Waals surface area contributed by atoms with Crippen LogP contribution in [0.4, 0.5) is 0 Å². The Hall–Kier alpha value is -1.14. The second kappa shape index (κ2) is 8.87. The molecule has 1 heterocycles. The molecule has 1 aliphatic heterocycles. The van der Waals surface area contributed by atoms with Crippen molar-refractivity contribution in [3.63, 3.8) is 0 Å². The van der Waals surface area contributed by atoms with E-state index in [4.69, 9.17) is 9.47 Å². The zero-order valence-corrected chi connectivity index (χ0v) is 11.9. The van der Waals surface area contributed by atoms with Crippen molar-refractivity contribution in [3.05, 3.63) is 0 Å². The number of ether oxygens (including phenoxy) is 2. The van der Waals surface area contributed by atoms with E-state index in [1.54, 1.807) is 12.0 Å².